The average molecular weight is 1400 g/mol. The molecule has 1 amide bonds. The van der Waals surface area contributed by atoms with Gasteiger partial charge in [-0.3, -0.25) is 4.79 Å². The second-order valence-electron chi connectivity index (χ2n) is 28.9. The first-order valence-electron chi connectivity index (χ1n) is 41.3. The van der Waals surface area contributed by atoms with Gasteiger partial charge in [-0.1, -0.05) is 349 Å². The first-order valence-corrected chi connectivity index (χ1v) is 41.3. The lowest BCUT2D eigenvalue weighted by Crippen LogP contribution is -2.65. The van der Waals surface area contributed by atoms with E-state index in [4.69, 9.17) is 18.9 Å². The maximum atomic E-state index is 13.4. The van der Waals surface area contributed by atoms with E-state index < -0.39 is 86.8 Å². The SMILES string of the molecule is CC/C=C\C/C=C\C/C=C\C/C=C\CCCCCCCCCCCCCCCCCCCCCCCCC(=O)NC(COC1OC(CO)C(OC2OC(CO)C(O)C(O)C2O)C(O)C1O)C(O)/C=C/CC/C=C/CC/C=C/CCCCCCCCCCCCCCCCCCCCCC. The molecular weight excluding hydrogens is 1240 g/mol. The summed E-state index contributed by atoms with van der Waals surface area (Å²) in [5.41, 5.74) is 0. The molecule has 99 heavy (non-hydrogen) atoms. The van der Waals surface area contributed by atoms with Crippen LogP contribution in [-0.4, -0.2) is 140 Å². The van der Waals surface area contributed by atoms with Gasteiger partial charge in [0.25, 0.3) is 0 Å². The molecule has 9 N–H and O–H groups in total. The highest BCUT2D eigenvalue weighted by atomic mass is 16.7. The van der Waals surface area contributed by atoms with Gasteiger partial charge in [0.2, 0.25) is 5.91 Å². The van der Waals surface area contributed by atoms with Crippen molar-refractivity contribution in [2.24, 2.45) is 0 Å². The van der Waals surface area contributed by atoms with Gasteiger partial charge in [0.15, 0.2) is 12.6 Å². The molecule has 0 spiro atoms. The summed E-state index contributed by atoms with van der Waals surface area (Å²) in [6, 6.07) is -0.942. The van der Waals surface area contributed by atoms with Gasteiger partial charge in [-0.15, -0.1) is 0 Å². The van der Waals surface area contributed by atoms with Crippen LogP contribution >= 0.6 is 0 Å². The van der Waals surface area contributed by atoms with E-state index in [1.54, 1.807) is 6.08 Å². The Bertz CT molecular complexity index is 1990. The number of unbranched alkanes of at least 4 members (excludes halogenated alkanes) is 44. The molecule has 0 aliphatic carbocycles. The lowest BCUT2D eigenvalue weighted by atomic mass is 9.97. The molecule has 2 aliphatic rings. The number of allylic oxidation sites excluding steroid dienone is 13. The van der Waals surface area contributed by atoms with Crippen molar-refractivity contribution in [2.45, 2.75) is 428 Å². The Balaban J connectivity index is 1.62. The van der Waals surface area contributed by atoms with E-state index in [0.29, 0.717) is 12.8 Å². The molecule has 2 rings (SSSR count). The average Bonchev–Trinajstić information content (AvgIpc) is 0.799. The second-order valence-corrected chi connectivity index (χ2v) is 28.9. The summed E-state index contributed by atoms with van der Waals surface area (Å²) in [4.78, 5) is 13.4. The van der Waals surface area contributed by atoms with Crippen LogP contribution in [0.1, 0.15) is 354 Å². The Hall–Kier alpha value is -2.83. The Morgan fingerprint density at radius 3 is 1.11 bits per heavy atom. The summed E-state index contributed by atoms with van der Waals surface area (Å²) in [5.74, 6) is -0.249. The van der Waals surface area contributed by atoms with Crippen LogP contribution in [0.2, 0.25) is 0 Å². The molecule has 0 bridgehead atoms. The predicted octanol–water partition coefficient (Wildman–Crippen LogP) is 19.1. The van der Waals surface area contributed by atoms with Gasteiger partial charge in [0, 0.05) is 6.42 Å². The highest BCUT2D eigenvalue weighted by Crippen LogP contribution is 2.30. The fraction of sp³-hybridized carbons (Fsp3) is 0.824. The van der Waals surface area contributed by atoms with E-state index in [-0.39, 0.29) is 18.9 Å². The van der Waals surface area contributed by atoms with Crippen LogP contribution in [0, 0.1) is 0 Å². The van der Waals surface area contributed by atoms with Crippen molar-refractivity contribution in [3.05, 3.63) is 85.1 Å². The minimum atomic E-state index is -1.80. The number of carbonyl (C=O) groups excluding carboxylic acids is 1. The van der Waals surface area contributed by atoms with Crippen LogP contribution in [0.3, 0.4) is 0 Å². The van der Waals surface area contributed by atoms with E-state index >= 15 is 0 Å². The van der Waals surface area contributed by atoms with Gasteiger partial charge < -0.3 is 65.1 Å². The molecule has 0 aromatic heterocycles. The third-order valence-electron chi connectivity index (χ3n) is 19.8. The number of aliphatic hydroxyl groups excluding tert-OH is 8. The first kappa shape index (κ1) is 92.3. The number of ether oxygens (including phenoxy) is 4. The highest BCUT2D eigenvalue weighted by molar-refractivity contribution is 5.76. The van der Waals surface area contributed by atoms with Crippen LogP contribution < -0.4 is 5.32 Å². The minimum Gasteiger partial charge on any atom is -0.394 e. The van der Waals surface area contributed by atoms with Gasteiger partial charge in [0.05, 0.1) is 32.0 Å². The molecule has 14 heteroatoms. The Kier molecular flexibility index (Phi) is 63.6. The zero-order chi connectivity index (χ0) is 71.5. The molecule has 576 valence electrons. The maximum Gasteiger partial charge on any atom is 0.220 e. The molecule has 12 atom stereocenters. The molecule has 0 aromatic carbocycles. The zero-order valence-electron chi connectivity index (χ0n) is 63.2. The summed E-state index contributed by atoms with van der Waals surface area (Å²) in [6.07, 6.45) is 79.7. The summed E-state index contributed by atoms with van der Waals surface area (Å²) in [5, 5.41) is 87.7. The molecule has 0 saturated carbocycles. The molecular formula is C85H153NO13. The third-order valence-corrected chi connectivity index (χ3v) is 19.8. The van der Waals surface area contributed by atoms with Crippen molar-refractivity contribution in [1.82, 2.24) is 5.32 Å². The second kappa shape index (κ2) is 68.3. The number of hydrogen-bond donors (Lipinski definition) is 9. The quantitative estimate of drug-likeness (QED) is 0.0204. The molecule has 12 unspecified atom stereocenters. The van der Waals surface area contributed by atoms with Crippen molar-refractivity contribution in [2.75, 3.05) is 19.8 Å². The Morgan fingerprint density at radius 2 is 0.707 bits per heavy atom. The van der Waals surface area contributed by atoms with Crippen LogP contribution in [0.4, 0.5) is 0 Å². The third kappa shape index (κ3) is 51.1. The van der Waals surface area contributed by atoms with E-state index in [0.717, 1.165) is 70.6 Å². The van der Waals surface area contributed by atoms with E-state index in [1.165, 1.54) is 250 Å². The number of amides is 1. The molecule has 0 aromatic rings. The number of rotatable bonds is 69. The van der Waals surface area contributed by atoms with E-state index in [1.807, 2.05) is 6.08 Å². The number of carbonyl (C=O) groups is 1. The smallest absolute Gasteiger partial charge is 0.220 e. The van der Waals surface area contributed by atoms with Crippen LogP contribution in [0.15, 0.2) is 85.1 Å². The van der Waals surface area contributed by atoms with E-state index in [2.05, 4.69) is 92.1 Å². The fourth-order valence-electron chi connectivity index (χ4n) is 13.3. The van der Waals surface area contributed by atoms with Crippen LogP contribution in [0.5, 0.6) is 0 Å². The maximum absolute atomic E-state index is 13.4. The molecule has 14 nitrogen and oxygen atoms in total. The monoisotopic (exact) mass is 1400 g/mol. The zero-order valence-corrected chi connectivity index (χ0v) is 63.2. The van der Waals surface area contributed by atoms with Gasteiger partial charge >= 0.3 is 0 Å². The normalized spacial score (nSPS) is 22.4. The van der Waals surface area contributed by atoms with Crippen molar-refractivity contribution >= 4 is 5.91 Å². The summed E-state index contributed by atoms with van der Waals surface area (Å²) < 4.78 is 22.9. The number of aliphatic hydroxyl groups is 8. The minimum absolute atomic E-state index is 0.249. The Morgan fingerprint density at radius 1 is 0.374 bits per heavy atom. The predicted molar refractivity (Wildman–Crippen MR) is 410 cm³/mol. The van der Waals surface area contributed by atoms with Gasteiger partial charge in [0.1, 0.15) is 48.8 Å². The van der Waals surface area contributed by atoms with Crippen molar-refractivity contribution < 1.29 is 64.6 Å². The number of nitrogens with one attached hydrogen (secondary N) is 1. The van der Waals surface area contributed by atoms with Crippen LogP contribution in [0.25, 0.3) is 0 Å². The lowest BCUT2D eigenvalue weighted by molar-refractivity contribution is -0.359. The topological polar surface area (TPSA) is 228 Å². The van der Waals surface area contributed by atoms with Crippen LogP contribution in [-0.2, 0) is 23.7 Å². The number of hydrogen-bond acceptors (Lipinski definition) is 13. The van der Waals surface area contributed by atoms with Crippen molar-refractivity contribution in [3.63, 3.8) is 0 Å². The molecule has 2 aliphatic heterocycles. The standard InChI is InChI=1S/C85H153NO13/c1-3-5-7-9-11-13-15-17-19-21-23-25-27-29-31-33-35-36-37-38-39-41-43-45-47-49-51-53-55-57-59-61-63-65-67-69-77(90)86-73(72-96-84-82(95)80(93)83(76(71-88)98-84)99-85-81(94)79(92)78(91)75(70-87)97-85)74(89)68-66-64-62-60-58-56-54-52-50-48-46-44-42-40-34-32-30-28-26-24-22-20-18-16-14-12-10-8-6-4-2/h5,7,11,13,17,19,23,25,50,52,58,60,66,68,73-76,78-85,87-89,91-95H,3-4,6,8-10,12,14-16,18,20-22,24,26-49,51,53-57,59,61-65,67,69-72H2,1-2H3,(H,86,90)/b7-5-,13-11-,19-17-,25-23-,52-50+,60-58+,68-66+. The highest BCUT2D eigenvalue weighted by Gasteiger charge is 2.51. The van der Waals surface area contributed by atoms with Crippen molar-refractivity contribution in [3.8, 4) is 0 Å². The Labute approximate surface area is 605 Å². The summed E-state index contributed by atoms with van der Waals surface area (Å²) >= 11 is 0. The first-order chi connectivity index (χ1) is 48.6. The fourth-order valence-corrected chi connectivity index (χ4v) is 13.3. The summed E-state index contributed by atoms with van der Waals surface area (Å²) in [6.45, 7) is 2.71. The lowest BCUT2D eigenvalue weighted by Gasteiger charge is -2.46. The molecule has 2 saturated heterocycles. The van der Waals surface area contributed by atoms with E-state index in [9.17, 15) is 45.6 Å². The van der Waals surface area contributed by atoms with Crippen molar-refractivity contribution in [1.29, 1.82) is 0 Å². The molecule has 2 heterocycles. The van der Waals surface area contributed by atoms with Gasteiger partial charge in [-0.2, -0.15) is 0 Å². The molecule has 2 fully saturated rings. The molecule has 0 radical (unpaired) electrons. The summed E-state index contributed by atoms with van der Waals surface area (Å²) in [7, 11) is 0. The van der Waals surface area contributed by atoms with Gasteiger partial charge in [-0.25, -0.2) is 0 Å². The van der Waals surface area contributed by atoms with Gasteiger partial charge in [-0.05, 0) is 83.5 Å². The largest absolute Gasteiger partial charge is 0.394 e.